The van der Waals surface area contributed by atoms with Gasteiger partial charge in [0.1, 0.15) is 5.75 Å². The van der Waals surface area contributed by atoms with Crippen LogP contribution < -0.4 is 15.4 Å². The number of anilines is 1. The number of thioether (sulfide) groups is 1. The maximum atomic E-state index is 12.5. The number of methoxy groups -OCH3 is 1. The van der Waals surface area contributed by atoms with Crippen molar-refractivity contribution in [1.29, 1.82) is 0 Å². The molecule has 0 aliphatic carbocycles. The van der Waals surface area contributed by atoms with Crippen LogP contribution in [0.15, 0.2) is 47.6 Å². The third-order valence-corrected chi connectivity index (χ3v) is 6.36. The molecule has 180 valence electrons. The highest BCUT2D eigenvalue weighted by molar-refractivity contribution is 7.99. The number of hydrogen-bond acceptors (Lipinski definition) is 6. The first-order chi connectivity index (χ1) is 16.3. The minimum Gasteiger partial charge on any atom is -0.497 e. The molecule has 3 rings (SSSR count). The largest absolute Gasteiger partial charge is 0.497 e. The summed E-state index contributed by atoms with van der Waals surface area (Å²) in [5.74, 6) is 1.27. The van der Waals surface area contributed by atoms with Crippen LogP contribution >= 0.6 is 23.4 Å². The van der Waals surface area contributed by atoms with Crippen LogP contribution in [0.3, 0.4) is 0 Å². The van der Waals surface area contributed by atoms with Crippen LogP contribution in [0, 0.1) is 6.92 Å². The number of nitrogens with zero attached hydrogens (tertiary/aromatic N) is 3. The molecule has 0 bridgehead atoms. The summed E-state index contributed by atoms with van der Waals surface area (Å²) in [6, 6.07) is 12.4. The van der Waals surface area contributed by atoms with Crippen LogP contribution in [-0.2, 0) is 22.6 Å². The Balaban J connectivity index is 1.58. The molecule has 10 heteroatoms. The molecule has 3 aromatic rings. The van der Waals surface area contributed by atoms with Gasteiger partial charge in [0, 0.05) is 17.3 Å². The van der Waals surface area contributed by atoms with E-state index in [2.05, 4.69) is 20.8 Å². The van der Waals surface area contributed by atoms with Crippen LogP contribution in [0.2, 0.25) is 5.02 Å². The molecule has 0 spiro atoms. The van der Waals surface area contributed by atoms with Gasteiger partial charge >= 0.3 is 0 Å². The van der Waals surface area contributed by atoms with E-state index in [4.69, 9.17) is 16.3 Å². The van der Waals surface area contributed by atoms with Crippen molar-refractivity contribution in [2.45, 2.75) is 44.9 Å². The Morgan fingerprint density at radius 1 is 1.15 bits per heavy atom. The Labute approximate surface area is 208 Å². The number of benzene rings is 2. The molecule has 2 aromatic carbocycles. The summed E-state index contributed by atoms with van der Waals surface area (Å²) in [7, 11) is 1.60. The van der Waals surface area contributed by atoms with Crippen LogP contribution in [0.1, 0.15) is 36.8 Å². The van der Waals surface area contributed by atoms with Crippen molar-refractivity contribution < 1.29 is 14.3 Å². The molecule has 0 saturated heterocycles. The van der Waals surface area contributed by atoms with E-state index < -0.39 is 0 Å². The summed E-state index contributed by atoms with van der Waals surface area (Å²) in [6.07, 6.45) is 0.249. The van der Waals surface area contributed by atoms with Gasteiger partial charge in [-0.1, -0.05) is 41.6 Å². The quantitative estimate of drug-likeness (QED) is 0.399. The summed E-state index contributed by atoms with van der Waals surface area (Å²) in [6.45, 7) is 6.35. The molecule has 0 aliphatic rings. The molecule has 8 nitrogen and oxygen atoms in total. The van der Waals surface area contributed by atoms with Crippen LogP contribution in [0.5, 0.6) is 5.75 Å². The lowest BCUT2D eigenvalue weighted by Crippen LogP contribution is -2.30. The monoisotopic (exact) mass is 501 g/mol. The summed E-state index contributed by atoms with van der Waals surface area (Å²) >= 11 is 7.32. The first kappa shape index (κ1) is 25.6. The molecule has 1 heterocycles. The molecule has 0 fully saturated rings. The van der Waals surface area contributed by atoms with Crippen molar-refractivity contribution in [3.8, 4) is 5.75 Å². The lowest BCUT2D eigenvalue weighted by molar-refractivity contribution is -0.121. The number of amides is 2. The first-order valence-corrected chi connectivity index (χ1v) is 12.2. The number of carbonyl (C=O) groups is 2. The number of nitrogens with one attached hydrogen (secondary N) is 2. The highest BCUT2D eigenvalue weighted by Gasteiger charge is 2.20. The topological polar surface area (TPSA) is 98.1 Å². The summed E-state index contributed by atoms with van der Waals surface area (Å²) < 4.78 is 7.05. The SMILES string of the molecule is CCn1c(SCC(=O)Nc2cc(Cl)ccc2C)nnc1C(C)NC(=O)Cc1ccc(OC)cc1. The Morgan fingerprint density at radius 2 is 1.88 bits per heavy atom. The number of carbonyl (C=O) groups excluding carboxylic acids is 2. The number of rotatable bonds is 10. The molecule has 1 unspecified atom stereocenters. The van der Waals surface area contributed by atoms with Gasteiger partial charge in [0.25, 0.3) is 0 Å². The number of aryl methyl sites for hydroxylation is 1. The smallest absolute Gasteiger partial charge is 0.234 e. The van der Waals surface area contributed by atoms with E-state index in [1.807, 2.05) is 55.7 Å². The normalized spacial score (nSPS) is 11.7. The summed E-state index contributed by atoms with van der Waals surface area (Å²) in [5, 5.41) is 15.5. The van der Waals surface area contributed by atoms with Gasteiger partial charge in [0.2, 0.25) is 11.8 Å². The Morgan fingerprint density at radius 3 is 2.56 bits per heavy atom. The van der Waals surface area contributed by atoms with E-state index in [0.29, 0.717) is 28.2 Å². The fourth-order valence-corrected chi connectivity index (χ4v) is 4.34. The predicted molar refractivity (Wildman–Crippen MR) is 134 cm³/mol. The molecule has 2 amide bonds. The van der Waals surface area contributed by atoms with Crippen molar-refractivity contribution in [1.82, 2.24) is 20.1 Å². The summed E-state index contributed by atoms with van der Waals surface area (Å²) in [5.41, 5.74) is 2.50. The third kappa shape index (κ3) is 6.74. The number of halogens is 1. The van der Waals surface area contributed by atoms with Crippen molar-refractivity contribution in [3.63, 3.8) is 0 Å². The summed E-state index contributed by atoms with van der Waals surface area (Å²) in [4.78, 5) is 25.0. The highest BCUT2D eigenvalue weighted by Crippen LogP contribution is 2.23. The van der Waals surface area contributed by atoms with Gasteiger partial charge in [-0.3, -0.25) is 9.59 Å². The standard InChI is InChI=1S/C24H28ClN5O3S/c1-5-30-23(16(3)26-21(31)12-17-7-10-19(33-4)11-8-17)28-29-24(30)34-14-22(32)27-20-13-18(25)9-6-15(20)2/h6-11,13,16H,5,12,14H2,1-4H3,(H,26,31)(H,27,32). The third-order valence-electron chi connectivity index (χ3n) is 5.16. The van der Waals surface area contributed by atoms with Gasteiger partial charge in [0.15, 0.2) is 11.0 Å². The first-order valence-electron chi connectivity index (χ1n) is 10.8. The zero-order valence-electron chi connectivity index (χ0n) is 19.6. The van der Waals surface area contributed by atoms with E-state index in [0.717, 1.165) is 16.9 Å². The van der Waals surface area contributed by atoms with E-state index >= 15 is 0 Å². The van der Waals surface area contributed by atoms with Crippen LogP contribution in [-0.4, -0.2) is 39.4 Å². The van der Waals surface area contributed by atoms with Crippen LogP contribution in [0.25, 0.3) is 0 Å². The lowest BCUT2D eigenvalue weighted by atomic mass is 10.1. The van der Waals surface area contributed by atoms with Gasteiger partial charge in [-0.25, -0.2) is 0 Å². The molecule has 0 radical (unpaired) electrons. The fourth-order valence-electron chi connectivity index (χ4n) is 3.36. The second-order valence-corrected chi connectivity index (χ2v) is 9.07. The van der Waals surface area contributed by atoms with Gasteiger partial charge < -0.3 is 19.9 Å². The number of ether oxygens (including phenoxy) is 1. The molecular weight excluding hydrogens is 474 g/mol. The molecule has 0 saturated carbocycles. The number of hydrogen-bond donors (Lipinski definition) is 2. The average molecular weight is 502 g/mol. The molecule has 1 atom stereocenters. The lowest BCUT2D eigenvalue weighted by Gasteiger charge is -2.15. The minimum atomic E-state index is -0.338. The molecule has 1 aromatic heterocycles. The molecule has 2 N–H and O–H groups in total. The maximum Gasteiger partial charge on any atom is 0.234 e. The maximum absolute atomic E-state index is 12.5. The van der Waals surface area contributed by atoms with Gasteiger partial charge in [-0.2, -0.15) is 0 Å². The molecule has 0 aliphatic heterocycles. The van der Waals surface area contributed by atoms with Crippen molar-refractivity contribution in [2.24, 2.45) is 0 Å². The zero-order valence-corrected chi connectivity index (χ0v) is 21.2. The van der Waals surface area contributed by atoms with Gasteiger partial charge in [0.05, 0.1) is 25.3 Å². The van der Waals surface area contributed by atoms with Crippen LogP contribution in [0.4, 0.5) is 5.69 Å². The fraction of sp³-hybridized carbons (Fsp3) is 0.333. The van der Waals surface area contributed by atoms with E-state index in [-0.39, 0.29) is 30.0 Å². The van der Waals surface area contributed by atoms with Gasteiger partial charge in [-0.15, -0.1) is 10.2 Å². The number of aromatic nitrogens is 3. The van der Waals surface area contributed by atoms with E-state index in [9.17, 15) is 9.59 Å². The average Bonchev–Trinajstić information content (AvgIpc) is 3.23. The van der Waals surface area contributed by atoms with Crippen molar-refractivity contribution in [2.75, 3.05) is 18.2 Å². The Bertz CT molecular complexity index is 1150. The minimum absolute atomic E-state index is 0.117. The van der Waals surface area contributed by atoms with Crippen molar-refractivity contribution >= 4 is 40.9 Å². The highest BCUT2D eigenvalue weighted by atomic mass is 35.5. The van der Waals surface area contributed by atoms with Gasteiger partial charge in [-0.05, 0) is 56.2 Å². The van der Waals surface area contributed by atoms with Crippen molar-refractivity contribution in [3.05, 3.63) is 64.4 Å². The second-order valence-electron chi connectivity index (χ2n) is 7.70. The van der Waals surface area contributed by atoms with E-state index in [1.54, 1.807) is 19.2 Å². The second kappa shape index (κ2) is 11.9. The Hall–Kier alpha value is -3.04. The molecule has 34 heavy (non-hydrogen) atoms. The zero-order chi connectivity index (χ0) is 24.7. The Kier molecular flexibility index (Phi) is 8.95. The van der Waals surface area contributed by atoms with E-state index in [1.165, 1.54) is 11.8 Å². The molecular formula is C24H28ClN5O3S. The predicted octanol–water partition coefficient (Wildman–Crippen LogP) is 4.42.